The lowest BCUT2D eigenvalue weighted by Gasteiger charge is -2.11. The summed E-state index contributed by atoms with van der Waals surface area (Å²) in [4.78, 5) is 4.32. The van der Waals surface area contributed by atoms with Crippen LogP contribution in [0.25, 0.3) is 0 Å². The molecule has 18 heavy (non-hydrogen) atoms. The number of benzene rings is 1. The van der Waals surface area contributed by atoms with Crippen LogP contribution in [0.2, 0.25) is 0 Å². The summed E-state index contributed by atoms with van der Waals surface area (Å²) in [5, 5.41) is 3.10. The number of hydrogen-bond acceptors (Lipinski definition) is 3. The largest absolute Gasteiger partial charge is 0.495 e. The van der Waals surface area contributed by atoms with Crippen molar-refractivity contribution >= 4 is 27.6 Å². The van der Waals surface area contributed by atoms with Crippen LogP contribution in [-0.4, -0.2) is 19.6 Å². The first kappa shape index (κ1) is 14.8. The van der Waals surface area contributed by atoms with Crippen molar-refractivity contribution in [1.29, 1.82) is 0 Å². The first-order valence-electron chi connectivity index (χ1n) is 5.83. The minimum absolute atomic E-state index is 0.549. The molecule has 0 spiro atoms. The van der Waals surface area contributed by atoms with E-state index in [1.54, 1.807) is 7.11 Å². The van der Waals surface area contributed by atoms with E-state index in [9.17, 15) is 0 Å². The number of nitrogens with two attached hydrogens (primary N) is 1. The molecule has 100 valence electrons. The van der Waals surface area contributed by atoms with E-state index in [1.165, 1.54) is 0 Å². The minimum atomic E-state index is 0.549. The van der Waals surface area contributed by atoms with Crippen LogP contribution >= 0.6 is 15.9 Å². The van der Waals surface area contributed by atoms with E-state index >= 15 is 0 Å². The topological polar surface area (TPSA) is 71.7 Å². The van der Waals surface area contributed by atoms with E-state index in [2.05, 4.69) is 38.6 Å². The molecule has 0 saturated heterocycles. The number of halogens is 1. The lowest BCUT2D eigenvalue weighted by Crippen LogP contribution is -2.36. The van der Waals surface area contributed by atoms with Gasteiger partial charge in [0.05, 0.1) is 11.6 Å². The molecule has 1 rings (SSSR count). The molecule has 0 atom stereocenters. The average molecular weight is 315 g/mol. The summed E-state index contributed by atoms with van der Waals surface area (Å²) >= 11 is 3.40. The molecule has 0 heterocycles. The zero-order valence-electron chi connectivity index (χ0n) is 10.7. The Hall–Kier alpha value is -1.27. The molecule has 0 amide bonds. The molecule has 0 aliphatic rings. The van der Waals surface area contributed by atoms with Crippen molar-refractivity contribution < 1.29 is 4.74 Å². The number of hydrogen-bond donors (Lipinski definition) is 3. The van der Waals surface area contributed by atoms with Gasteiger partial charge in [0, 0.05) is 18.3 Å². The molecule has 1 aromatic rings. The number of nitrogens with zero attached hydrogens (tertiary/aromatic N) is 1. The number of anilines is 1. The fraction of sp³-hybridized carbons (Fsp3) is 0.417. The second kappa shape index (κ2) is 7.94. The van der Waals surface area contributed by atoms with Crippen molar-refractivity contribution in [3.8, 4) is 5.75 Å². The Morgan fingerprint density at radius 3 is 2.89 bits per heavy atom. The highest BCUT2D eigenvalue weighted by molar-refractivity contribution is 9.10. The predicted octanol–water partition coefficient (Wildman–Crippen LogP) is 2.49. The summed E-state index contributed by atoms with van der Waals surface area (Å²) in [6, 6.07) is 5.69. The number of rotatable bonds is 5. The number of nitrogens with one attached hydrogen (secondary N) is 2. The molecule has 0 bridgehead atoms. The van der Waals surface area contributed by atoms with Crippen LogP contribution in [0, 0.1) is 0 Å². The van der Waals surface area contributed by atoms with Crippen LogP contribution in [0.1, 0.15) is 19.8 Å². The zero-order valence-corrected chi connectivity index (χ0v) is 12.3. The van der Waals surface area contributed by atoms with Gasteiger partial charge in [-0.05, 0) is 34.5 Å². The van der Waals surface area contributed by atoms with Crippen molar-refractivity contribution in [3.05, 3.63) is 22.7 Å². The van der Waals surface area contributed by atoms with Crippen LogP contribution in [0.3, 0.4) is 0 Å². The number of aliphatic imine (C=N–C) groups is 1. The summed E-state index contributed by atoms with van der Waals surface area (Å²) in [7, 11) is 1.63. The van der Waals surface area contributed by atoms with Gasteiger partial charge < -0.3 is 10.1 Å². The van der Waals surface area contributed by atoms with Crippen LogP contribution in [0.5, 0.6) is 5.75 Å². The smallest absolute Gasteiger partial charge is 0.210 e. The number of guanidine groups is 1. The Labute approximate surface area is 116 Å². The predicted molar refractivity (Wildman–Crippen MR) is 78.8 cm³/mol. The highest BCUT2D eigenvalue weighted by Gasteiger charge is 2.03. The molecule has 0 aliphatic carbocycles. The van der Waals surface area contributed by atoms with Gasteiger partial charge in [0.1, 0.15) is 5.75 Å². The van der Waals surface area contributed by atoms with E-state index in [1.807, 2.05) is 18.2 Å². The van der Waals surface area contributed by atoms with E-state index in [-0.39, 0.29) is 0 Å². The van der Waals surface area contributed by atoms with E-state index in [0.29, 0.717) is 5.96 Å². The van der Waals surface area contributed by atoms with Crippen molar-refractivity contribution in [2.75, 3.05) is 19.0 Å². The molecule has 0 aliphatic heterocycles. The second-order valence-corrected chi connectivity index (χ2v) is 4.56. The Morgan fingerprint density at radius 2 is 2.28 bits per heavy atom. The van der Waals surface area contributed by atoms with Gasteiger partial charge in [-0.2, -0.15) is 0 Å². The van der Waals surface area contributed by atoms with E-state index in [4.69, 9.17) is 10.6 Å². The standard InChI is InChI=1S/C12H19BrN4O/c1-3-4-7-15-12(17-14)16-9-5-6-10(13)11(8-9)18-2/h5-6,8H,3-4,7,14H2,1-2H3,(H2,15,16,17). The first-order valence-corrected chi connectivity index (χ1v) is 6.62. The molecule has 0 aromatic heterocycles. The molecular weight excluding hydrogens is 296 g/mol. The van der Waals surface area contributed by atoms with Crippen LogP contribution in [0.4, 0.5) is 5.69 Å². The highest BCUT2D eigenvalue weighted by atomic mass is 79.9. The van der Waals surface area contributed by atoms with Gasteiger partial charge in [0.25, 0.3) is 0 Å². The molecule has 0 fully saturated rings. The lowest BCUT2D eigenvalue weighted by atomic mass is 10.3. The van der Waals surface area contributed by atoms with Gasteiger partial charge in [0.15, 0.2) is 0 Å². The summed E-state index contributed by atoms with van der Waals surface area (Å²) in [5.74, 6) is 6.72. The second-order valence-electron chi connectivity index (χ2n) is 3.70. The van der Waals surface area contributed by atoms with Crippen LogP contribution < -0.4 is 21.3 Å². The van der Waals surface area contributed by atoms with Gasteiger partial charge in [-0.25, -0.2) is 5.84 Å². The lowest BCUT2D eigenvalue weighted by molar-refractivity contribution is 0.412. The van der Waals surface area contributed by atoms with Crippen LogP contribution in [0.15, 0.2) is 27.7 Å². The number of unbranched alkanes of at least 4 members (excludes halogenated alkanes) is 1. The van der Waals surface area contributed by atoms with Crippen molar-refractivity contribution in [2.45, 2.75) is 19.8 Å². The monoisotopic (exact) mass is 314 g/mol. The third-order valence-electron chi connectivity index (χ3n) is 2.33. The normalized spacial score (nSPS) is 11.2. The third-order valence-corrected chi connectivity index (χ3v) is 2.99. The summed E-state index contributed by atoms with van der Waals surface area (Å²) in [6.45, 7) is 2.87. The van der Waals surface area contributed by atoms with Gasteiger partial charge in [-0.1, -0.05) is 13.3 Å². The van der Waals surface area contributed by atoms with Gasteiger partial charge in [-0.3, -0.25) is 10.4 Å². The fourth-order valence-corrected chi connectivity index (χ4v) is 1.75. The van der Waals surface area contributed by atoms with Crippen molar-refractivity contribution in [1.82, 2.24) is 5.43 Å². The number of ether oxygens (including phenoxy) is 1. The third kappa shape index (κ3) is 4.54. The maximum atomic E-state index is 5.42. The molecular formula is C12H19BrN4O. The Kier molecular flexibility index (Phi) is 6.53. The molecule has 0 unspecified atom stereocenters. The number of hydrazine groups is 1. The van der Waals surface area contributed by atoms with Crippen molar-refractivity contribution in [3.63, 3.8) is 0 Å². The molecule has 0 radical (unpaired) electrons. The Balaban J connectivity index is 2.72. The van der Waals surface area contributed by atoms with E-state index < -0.39 is 0 Å². The molecule has 4 N–H and O–H groups in total. The molecule has 5 nitrogen and oxygen atoms in total. The highest BCUT2D eigenvalue weighted by Crippen LogP contribution is 2.27. The maximum Gasteiger partial charge on any atom is 0.210 e. The van der Waals surface area contributed by atoms with E-state index in [0.717, 1.165) is 35.3 Å². The number of methoxy groups -OCH3 is 1. The Morgan fingerprint density at radius 1 is 1.50 bits per heavy atom. The van der Waals surface area contributed by atoms with Gasteiger partial charge in [-0.15, -0.1) is 0 Å². The zero-order chi connectivity index (χ0) is 13.4. The minimum Gasteiger partial charge on any atom is -0.495 e. The van der Waals surface area contributed by atoms with Gasteiger partial charge in [0.2, 0.25) is 5.96 Å². The van der Waals surface area contributed by atoms with Crippen molar-refractivity contribution in [2.24, 2.45) is 10.8 Å². The molecule has 1 aromatic carbocycles. The molecule has 6 heteroatoms. The first-order chi connectivity index (χ1) is 8.71. The fourth-order valence-electron chi connectivity index (χ4n) is 1.34. The average Bonchev–Trinajstić information content (AvgIpc) is 2.39. The van der Waals surface area contributed by atoms with Gasteiger partial charge >= 0.3 is 0 Å². The summed E-state index contributed by atoms with van der Waals surface area (Å²) in [5.41, 5.74) is 3.41. The quantitative estimate of drug-likeness (QED) is 0.257. The maximum absolute atomic E-state index is 5.42. The van der Waals surface area contributed by atoms with Crippen LogP contribution in [-0.2, 0) is 0 Å². The SMILES string of the molecule is CCCCN=C(NN)Nc1ccc(Br)c(OC)c1. The Bertz CT molecular complexity index is 409. The summed E-state index contributed by atoms with van der Waals surface area (Å²) in [6.07, 6.45) is 2.14. The molecule has 0 saturated carbocycles. The summed E-state index contributed by atoms with van der Waals surface area (Å²) < 4.78 is 6.12.